The molecule has 0 unspecified atom stereocenters. The van der Waals surface area contributed by atoms with E-state index in [9.17, 15) is 9.59 Å². The lowest BCUT2D eigenvalue weighted by Crippen LogP contribution is -2.49. The number of fused-ring (bicyclic) bond motifs is 1. The zero-order valence-electron chi connectivity index (χ0n) is 12.7. The molecular formula is C15H23N3O3. The van der Waals surface area contributed by atoms with Crippen LogP contribution >= 0.6 is 0 Å². The van der Waals surface area contributed by atoms with Gasteiger partial charge in [-0.3, -0.25) is 14.3 Å². The smallest absolute Gasteiger partial charge is 0.305 e. The molecule has 0 saturated heterocycles. The van der Waals surface area contributed by atoms with Crippen LogP contribution in [0.5, 0.6) is 0 Å². The van der Waals surface area contributed by atoms with Crippen molar-refractivity contribution in [2.24, 2.45) is 0 Å². The summed E-state index contributed by atoms with van der Waals surface area (Å²) in [7, 11) is 0. The molecule has 6 heteroatoms. The van der Waals surface area contributed by atoms with Gasteiger partial charge in [-0.2, -0.15) is 5.10 Å². The summed E-state index contributed by atoms with van der Waals surface area (Å²) in [4.78, 5) is 23.6. The fourth-order valence-corrected chi connectivity index (χ4v) is 2.93. The van der Waals surface area contributed by atoms with Crippen molar-refractivity contribution in [3.8, 4) is 0 Å². The van der Waals surface area contributed by atoms with Gasteiger partial charge in [-0.15, -0.1) is 0 Å². The number of hydrogen-bond acceptors (Lipinski definition) is 3. The molecule has 1 aliphatic heterocycles. The van der Waals surface area contributed by atoms with E-state index < -0.39 is 11.5 Å². The van der Waals surface area contributed by atoms with E-state index in [0.717, 1.165) is 31.5 Å². The first-order valence-electron chi connectivity index (χ1n) is 7.60. The van der Waals surface area contributed by atoms with Gasteiger partial charge in [0, 0.05) is 6.54 Å². The lowest BCUT2D eigenvalue weighted by Gasteiger charge is -2.31. The monoisotopic (exact) mass is 293 g/mol. The lowest BCUT2D eigenvalue weighted by atomic mass is 9.88. The Kier molecular flexibility index (Phi) is 4.65. The summed E-state index contributed by atoms with van der Waals surface area (Å²) in [5, 5.41) is 16.3. The Morgan fingerprint density at radius 1 is 1.38 bits per heavy atom. The van der Waals surface area contributed by atoms with E-state index >= 15 is 0 Å². The third-order valence-electron chi connectivity index (χ3n) is 4.45. The van der Waals surface area contributed by atoms with Crippen LogP contribution in [0, 0.1) is 0 Å². The SMILES string of the molecule is CCC(CC)(CC(=O)O)NC(=O)c1cnn2c1CCCC2. The summed E-state index contributed by atoms with van der Waals surface area (Å²) in [5.74, 6) is -1.10. The molecule has 2 rings (SSSR count). The maximum absolute atomic E-state index is 12.5. The van der Waals surface area contributed by atoms with E-state index in [1.807, 2.05) is 18.5 Å². The summed E-state index contributed by atoms with van der Waals surface area (Å²) >= 11 is 0. The van der Waals surface area contributed by atoms with Gasteiger partial charge in [0.1, 0.15) is 0 Å². The molecule has 2 heterocycles. The van der Waals surface area contributed by atoms with E-state index in [2.05, 4.69) is 10.4 Å². The minimum Gasteiger partial charge on any atom is -0.481 e. The molecule has 116 valence electrons. The Labute approximate surface area is 124 Å². The number of nitrogens with one attached hydrogen (secondary N) is 1. The van der Waals surface area contributed by atoms with Gasteiger partial charge in [0.15, 0.2) is 0 Å². The zero-order chi connectivity index (χ0) is 15.5. The maximum atomic E-state index is 12.5. The first-order valence-corrected chi connectivity index (χ1v) is 7.60. The van der Waals surface area contributed by atoms with Crippen LogP contribution in [0.15, 0.2) is 6.20 Å². The van der Waals surface area contributed by atoms with Gasteiger partial charge in [-0.25, -0.2) is 0 Å². The zero-order valence-corrected chi connectivity index (χ0v) is 12.7. The number of hydrogen-bond donors (Lipinski definition) is 2. The second-order valence-corrected chi connectivity index (χ2v) is 5.70. The number of carboxylic acids is 1. The fourth-order valence-electron chi connectivity index (χ4n) is 2.93. The van der Waals surface area contributed by atoms with Crippen molar-refractivity contribution in [3.63, 3.8) is 0 Å². The fraction of sp³-hybridized carbons (Fsp3) is 0.667. The van der Waals surface area contributed by atoms with Crippen LogP contribution in [0.2, 0.25) is 0 Å². The van der Waals surface area contributed by atoms with Crippen LogP contribution in [-0.4, -0.2) is 32.3 Å². The predicted octanol–water partition coefficient (Wildman–Crippen LogP) is 1.98. The molecule has 1 aromatic heterocycles. The summed E-state index contributed by atoms with van der Waals surface area (Å²) < 4.78 is 1.88. The first-order chi connectivity index (χ1) is 10.0. The van der Waals surface area contributed by atoms with Crippen LogP contribution in [0.1, 0.15) is 62.0 Å². The minimum absolute atomic E-state index is 0.0603. The third kappa shape index (κ3) is 3.25. The molecule has 0 aromatic carbocycles. The van der Waals surface area contributed by atoms with Crippen LogP contribution in [0.4, 0.5) is 0 Å². The Morgan fingerprint density at radius 3 is 2.71 bits per heavy atom. The molecule has 0 atom stereocenters. The minimum atomic E-state index is -0.893. The highest BCUT2D eigenvalue weighted by atomic mass is 16.4. The average molecular weight is 293 g/mol. The van der Waals surface area contributed by atoms with Gasteiger partial charge < -0.3 is 10.4 Å². The van der Waals surface area contributed by atoms with Crippen LogP contribution < -0.4 is 5.32 Å². The molecule has 0 bridgehead atoms. The number of carboxylic acid groups (broad SMARTS) is 1. The number of carbonyl (C=O) groups excluding carboxylic acids is 1. The summed E-state index contributed by atoms with van der Waals surface area (Å²) in [6.07, 6.45) is 5.72. The Hall–Kier alpha value is -1.85. The van der Waals surface area contributed by atoms with Gasteiger partial charge in [-0.1, -0.05) is 13.8 Å². The standard InChI is InChI=1S/C15H23N3O3/c1-3-15(4-2,9-13(19)20)17-14(21)11-10-16-18-8-6-5-7-12(11)18/h10H,3-9H2,1-2H3,(H,17,21)(H,19,20). The average Bonchev–Trinajstić information content (AvgIpc) is 2.90. The summed E-state index contributed by atoms with van der Waals surface area (Å²) in [6, 6.07) is 0. The number of carbonyl (C=O) groups is 2. The molecule has 2 N–H and O–H groups in total. The molecule has 0 spiro atoms. The van der Waals surface area contributed by atoms with Crippen molar-refractivity contribution in [3.05, 3.63) is 17.5 Å². The van der Waals surface area contributed by atoms with Crippen molar-refractivity contribution in [1.29, 1.82) is 0 Å². The number of rotatable bonds is 6. The normalized spacial score (nSPS) is 14.6. The number of aryl methyl sites for hydroxylation is 1. The highest BCUT2D eigenvalue weighted by Gasteiger charge is 2.32. The molecule has 0 aliphatic carbocycles. The van der Waals surface area contributed by atoms with Gasteiger partial charge in [0.05, 0.1) is 29.4 Å². The quantitative estimate of drug-likeness (QED) is 0.840. The molecule has 1 aliphatic rings. The molecule has 0 saturated carbocycles. The van der Waals surface area contributed by atoms with Gasteiger partial charge >= 0.3 is 5.97 Å². The van der Waals surface area contributed by atoms with Gasteiger partial charge in [0.25, 0.3) is 5.91 Å². The van der Waals surface area contributed by atoms with E-state index in [1.165, 1.54) is 0 Å². The highest BCUT2D eigenvalue weighted by molar-refractivity contribution is 5.96. The van der Waals surface area contributed by atoms with E-state index in [-0.39, 0.29) is 12.3 Å². The van der Waals surface area contributed by atoms with E-state index in [1.54, 1.807) is 6.20 Å². The lowest BCUT2D eigenvalue weighted by molar-refractivity contribution is -0.138. The predicted molar refractivity (Wildman–Crippen MR) is 78.2 cm³/mol. The van der Waals surface area contributed by atoms with Gasteiger partial charge in [-0.05, 0) is 32.1 Å². The number of nitrogens with zero attached hydrogens (tertiary/aromatic N) is 2. The number of aliphatic carboxylic acids is 1. The number of amides is 1. The molecular weight excluding hydrogens is 270 g/mol. The molecule has 1 amide bonds. The largest absolute Gasteiger partial charge is 0.481 e. The van der Waals surface area contributed by atoms with Crippen molar-refractivity contribution in [2.45, 2.75) is 64.5 Å². The Balaban J connectivity index is 2.19. The van der Waals surface area contributed by atoms with Crippen molar-refractivity contribution >= 4 is 11.9 Å². The Morgan fingerprint density at radius 2 is 2.10 bits per heavy atom. The number of aromatic nitrogens is 2. The van der Waals surface area contributed by atoms with Gasteiger partial charge in [0.2, 0.25) is 0 Å². The molecule has 0 fully saturated rings. The molecule has 6 nitrogen and oxygen atoms in total. The second kappa shape index (κ2) is 6.28. The van der Waals surface area contributed by atoms with Crippen molar-refractivity contribution < 1.29 is 14.7 Å². The van der Waals surface area contributed by atoms with Crippen molar-refractivity contribution in [2.75, 3.05) is 0 Å². The maximum Gasteiger partial charge on any atom is 0.305 e. The summed E-state index contributed by atoms with van der Waals surface area (Å²) in [6.45, 7) is 4.66. The summed E-state index contributed by atoms with van der Waals surface area (Å²) in [5.41, 5.74) is 0.869. The molecule has 21 heavy (non-hydrogen) atoms. The highest BCUT2D eigenvalue weighted by Crippen LogP contribution is 2.23. The van der Waals surface area contributed by atoms with E-state index in [0.29, 0.717) is 18.4 Å². The second-order valence-electron chi connectivity index (χ2n) is 5.70. The van der Waals surface area contributed by atoms with Crippen LogP contribution in [-0.2, 0) is 17.8 Å². The topological polar surface area (TPSA) is 84.2 Å². The first kappa shape index (κ1) is 15.5. The third-order valence-corrected chi connectivity index (χ3v) is 4.45. The van der Waals surface area contributed by atoms with E-state index in [4.69, 9.17) is 5.11 Å². The van der Waals surface area contributed by atoms with Crippen LogP contribution in [0.3, 0.4) is 0 Å². The van der Waals surface area contributed by atoms with Crippen LogP contribution in [0.25, 0.3) is 0 Å². The Bertz CT molecular complexity index is 532. The molecule has 0 radical (unpaired) electrons. The van der Waals surface area contributed by atoms with Crippen molar-refractivity contribution in [1.82, 2.24) is 15.1 Å². The molecule has 1 aromatic rings.